The van der Waals surface area contributed by atoms with Crippen LogP contribution in [0.15, 0.2) is 22.9 Å². The fourth-order valence-electron chi connectivity index (χ4n) is 1.59. The predicted molar refractivity (Wildman–Crippen MR) is 74.4 cm³/mol. The van der Waals surface area contributed by atoms with Crippen molar-refractivity contribution in [2.24, 2.45) is 0 Å². The molecule has 0 amide bonds. The molecule has 0 atom stereocenters. The topological polar surface area (TPSA) is 55.2 Å². The Morgan fingerprint density at radius 1 is 1.47 bits per heavy atom. The van der Waals surface area contributed by atoms with E-state index in [1.807, 2.05) is 17.7 Å². The Labute approximate surface area is 118 Å². The summed E-state index contributed by atoms with van der Waals surface area (Å²) in [5.74, 6) is -0.684. The minimum absolute atomic E-state index is 0.123. The molecule has 0 radical (unpaired) electrons. The number of rotatable bonds is 4. The normalized spacial score (nSPS) is 10.5. The molecule has 0 aliphatic heterocycles. The number of nitrogens with zero attached hydrogens (tertiary/aromatic N) is 1. The number of hydrogen-bond acceptors (Lipinski definition) is 4. The zero-order chi connectivity index (χ0) is 14.0. The first kappa shape index (κ1) is 13.8. The van der Waals surface area contributed by atoms with E-state index in [1.165, 1.54) is 0 Å². The summed E-state index contributed by atoms with van der Waals surface area (Å²) in [7, 11) is 0. The van der Waals surface area contributed by atoms with Crippen molar-refractivity contribution in [3.63, 3.8) is 0 Å². The molecule has 100 valence electrons. The summed E-state index contributed by atoms with van der Waals surface area (Å²) < 4.78 is 13.4. The second-order valence-corrected chi connectivity index (χ2v) is 5.12. The zero-order valence-electron chi connectivity index (χ0n) is 9.94. The van der Waals surface area contributed by atoms with Crippen molar-refractivity contribution in [1.29, 1.82) is 0 Å². The lowest BCUT2D eigenvalue weighted by Crippen LogP contribution is -2.03. The molecular formula is C12H10ClFN2O2S. The van der Waals surface area contributed by atoms with Crippen molar-refractivity contribution < 1.29 is 9.31 Å². The van der Waals surface area contributed by atoms with E-state index in [0.717, 1.165) is 23.3 Å². The van der Waals surface area contributed by atoms with Crippen LogP contribution in [0.25, 0.3) is 0 Å². The van der Waals surface area contributed by atoms with Crippen molar-refractivity contribution >= 4 is 34.3 Å². The average Bonchev–Trinajstić information content (AvgIpc) is 2.75. The molecular weight excluding hydrogens is 291 g/mol. The van der Waals surface area contributed by atoms with E-state index in [-0.39, 0.29) is 16.4 Å². The highest BCUT2D eigenvalue weighted by Crippen LogP contribution is 2.31. The van der Waals surface area contributed by atoms with E-state index in [2.05, 4.69) is 5.32 Å². The Kier molecular flexibility index (Phi) is 4.01. The molecule has 0 spiro atoms. The van der Waals surface area contributed by atoms with E-state index in [0.29, 0.717) is 6.54 Å². The van der Waals surface area contributed by atoms with Crippen LogP contribution in [0.3, 0.4) is 0 Å². The maximum absolute atomic E-state index is 13.4. The molecule has 1 aromatic heterocycles. The van der Waals surface area contributed by atoms with E-state index in [9.17, 15) is 14.5 Å². The number of thiophene rings is 1. The fraction of sp³-hybridized carbons (Fsp3) is 0.167. The Morgan fingerprint density at radius 3 is 2.79 bits per heavy atom. The van der Waals surface area contributed by atoms with Crippen LogP contribution in [0.1, 0.15) is 11.1 Å². The lowest BCUT2D eigenvalue weighted by atomic mass is 10.2. The quantitative estimate of drug-likeness (QED) is 0.674. The summed E-state index contributed by atoms with van der Waals surface area (Å²) in [6.45, 7) is 2.35. The van der Waals surface area contributed by atoms with Crippen molar-refractivity contribution in [2.45, 2.75) is 13.5 Å². The van der Waals surface area contributed by atoms with E-state index >= 15 is 0 Å². The fourth-order valence-corrected chi connectivity index (χ4v) is 2.60. The van der Waals surface area contributed by atoms with Gasteiger partial charge in [-0.2, -0.15) is 11.3 Å². The zero-order valence-corrected chi connectivity index (χ0v) is 11.5. The van der Waals surface area contributed by atoms with Crippen molar-refractivity contribution in [1.82, 2.24) is 0 Å². The van der Waals surface area contributed by atoms with E-state index < -0.39 is 10.7 Å². The number of benzene rings is 1. The maximum Gasteiger partial charge on any atom is 0.294 e. The van der Waals surface area contributed by atoms with E-state index in [4.69, 9.17) is 11.6 Å². The van der Waals surface area contributed by atoms with Crippen LogP contribution in [0.2, 0.25) is 5.02 Å². The number of nitro groups is 1. The highest BCUT2D eigenvalue weighted by molar-refractivity contribution is 7.08. The van der Waals surface area contributed by atoms with E-state index in [1.54, 1.807) is 11.3 Å². The molecule has 7 heteroatoms. The summed E-state index contributed by atoms with van der Waals surface area (Å²) >= 11 is 7.10. The Hall–Kier alpha value is -1.66. The molecule has 0 bridgehead atoms. The third-order valence-corrected chi connectivity index (χ3v) is 3.87. The number of hydrogen-bond donors (Lipinski definition) is 1. The van der Waals surface area contributed by atoms with Crippen LogP contribution in [0.4, 0.5) is 15.8 Å². The molecule has 0 saturated carbocycles. The molecule has 2 rings (SSSR count). The van der Waals surface area contributed by atoms with Gasteiger partial charge in [-0.15, -0.1) is 0 Å². The first-order chi connectivity index (χ1) is 8.99. The number of nitro benzene ring substituents is 1. The third-order valence-electron chi connectivity index (χ3n) is 2.67. The second-order valence-electron chi connectivity index (χ2n) is 3.97. The minimum atomic E-state index is -0.684. The molecule has 1 aromatic carbocycles. The molecule has 1 heterocycles. The Morgan fingerprint density at radius 2 is 2.21 bits per heavy atom. The highest BCUT2D eigenvalue weighted by Gasteiger charge is 2.17. The summed E-state index contributed by atoms with van der Waals surface area (Å²) in [5, 5.41) is 17.4. The molecule has 1 N–H and O–H groups in total. The monoisotopic (exact) mass is 300 g/mol. The molecule has 19 heavy (non-hydrogen) atoms. The highest BCUT2D eigenvalue weighted by atomic mass is 35.5. The number of aryl methyl sites for hydroxylation is 1. The smallest absolute Gasteiger partial charge is 0.294 e. The first-order valence-electron chi connectivity index (χ1n) is 5.38. The van der Waals surface area contributed by atoms with Crippen LogP contribution in [0, 0.1) is 22.9 Å². The van der Waals surface area contributed by atoms with Crippen molar-refractivity contribution in [3.05, 3.63) is 55.0 Å². The van der Waals surface area contributed by atoms with Crippen LogP contribution >= 0.6 is 22.9 Å². The second kappa shape index (κ2) is 5.54. The number of anilines is 1. The number of halogens is 2. The standard InChI is InChI=1S/C12H10ClFN2O2S/c1-7-5-19-6-8(7)4-15-11-3-10(14)9(13)2-12(11)16(17)18/h2-3,5-6,15H,4H2,1H3. The van der Waals surface area contributed by atoms with Gasteiger partial charge in [-0.1, -0.05) is 11.6 Å². The van der Waals surface area contributed by atoms with Crippen LogP contribution in [0.5, 0.6) is 0 Å². The maximum atomic E-state index is 13.4. The van der Waals surface area contributed by atoms with Gasteiger partial charge in [-0.05, 0) is 28.8 Å². The molecule has 0 fully saturated rings. The van der Waals surface area contributed by atoms with Gasteiger partial charge in [0, 0.05) is 18.7 Å². The Balaban J connectivity index is 2.26. The van der Waals surface area contributed by atoms with Crippen LogP contribution in [-0.2, 0) is 6.54 Å². The first-order valence-corrected chi connectivity index (χ1v) is 6.70. The molecule has 0 aliphatic rings. The molecule has 0 saturated heterocycles. The molecule has 0 unspecified atom stereocenters. The average molecular weight is 301 g/mol. The predicted octanol–water partition coefficient (Wildman–Crippen LogP) is 4.37. The van der Waals surface area contributed by atoms with Gasteiger partial charge in [-0.3, -0.25) is 10.1 Å². The molecule has 4 nitrogen and oxygen atoms in total. The van der Waals surface area contributed by atoms with Gasteiger partial charge in [0.05, 0.1) is 9.95 Å². The lowest BCUT2D eigenvalue weighted by molar-refractivity contribution is -0.384. The van der Waals surface area contributed by atoms with Gasteiger partial charge < -0.3 is 5.32 Å². The van der Waals surface area contributed by atoms with Crippen LogP contribution < -0.4 is 5.32 Å². The molecule has 0 aliphatic carbocycles. The van der Waals surface area contributed by atoms with Gasteiger partial charge in [-0.25, -0.2) is 4.39 Å². The lowest BCUT2D eigenvalue weighted by Gasteiger charge is -2.08. The SMILES string of the molecule is Cc1cscc1CNc1cc(F)c(Cl)cc1[N+](=O)[O-]. The summed E-state index contributed by atoms with van der Waals surface area (Å²) in [5.41, 5.74) is 2.00. The summed E-state index contributed by atoms with van der Waals surface area (Å²) in [4.78, 5) is 10.3. The minimum Gasteiger partial charge on any atom is -0.375 e. The van der Waals surface area contributed by atoms with Gasteiger partial charge in [0.25, 0.3) is 5.69 Å². The Bertz CT molecular complexity index is 630. The third kappa shape index (κ3) is 3.02. The number of nitrogens with one attached hydrogen (secondary N) is 1. The van der Waals surface area contributed by atoms with Gasteiger partial charge >= 0.3 is 0 Å². The molecule has 2 aromatic rings. The summed E-state index contributed by atoms with van der Waals surface area (Å²) in [6.07, 6.45) is 0. The van der Waals surface area contributed by atoms with Crippen molar-refractivity contribution in [2.75, 3.05) is 5.32 Å². The van der Waals surface area contributed by atoms with Crippen molar-refractivity contribution in [3.8, 4) is 0 Å². The van der Waals surface area contributed by atoms with Crippen LogP contribution in [-0.4, -0.2) is 4.92 Å². The van der Waals surface area contributed by atoms with Gasteiger partial charge in [0.15, 0.2) is 0 Å². The van der Waals surface area contributed by atoms with Gasteiger partial charge in [0.1, 0.15) is 11.5 Å². The summed E-state index contributed by atoms with van der Waals surface area (Å²) in [6, 6.07) is 2.06. The largest absolute Gasteiger partial charge is 0.375 e. The van der Waals surface area contributed by atoms with Gasteiger partial charge in [0.2, 0.25) is 0 Å².